The second kappa shape index (κ2) is 5.76. The summed E-state index contributed by atoms with van der Waals surface area (Å²) in [7, 11) is 0. The summed E-state index contributed by atoms with van der Waals surface area (Å²) in [6.45, 7) is 5.93. The van der Waals surface area contributed by atoms with Crippen LogP contribution in [-0.4, -0.2) is 18.0 Å². The van der Waals surface area contributed by atoms with E-state index >= 15 is 0 Å². The van der Waals surface area contributed by atoms with Gasteiger partial charge in [0.05, 0.1) is 13.2 Å². The number of hydrogen-bond acceptors (Lipinski definition) is 2. The molecule has 1 heterocycles. The first kappa shape index (κ1) is 12.7. The van der Waals surface area contributed by atoms with Crippen molar-refractivity contribution in [1.29, 1.82) is 0 Å². The maximum absolute atomic E-state index is 5.71. The van der Waals surface area contributed by atoms with Crippen LogP contribution < -0.4 is 9.47 Å². The fourth-order valence-electron chi connectivity index (χ4n) is 2.03. The molecule has 0 saturated carbocycles. The molecule has 2 atom stereocenters. The maximum atomic E-state index is 5.71. The fraction of sp³-hybridized carbons (Fsp3) is 0.571. The van der Waals surface area contributed by atoms with E-state index in [1.54, 1.807) is 0 Å². The van der Waals surface area contributed by atoms with Gasteiger partial charge in [0, 0.05) is 11.2 Å². The smallest absolute Gasteiger partial charge is 0.161 e. The van der Waals surface area contributed by atoms with Crippen molar-refractivity contribution in [2.75, 3.05) is 13.2 Å². The standard InChI is InChI=1S/C14H19BrO2/c1-3-12(15)10(2)11-5-6-13-14(9-11)17-8-4-7-16-13/h5-6,9-10,12H,3-4,7-8H2,1-2H3. The fourth-order valence-corrected chi connectivity index (χ4v) is 2.33. The van der Waals surface area contributed by atoms with E-state index in [-0.39, 0.29) is 0 Å². The molecule has 0 amide bonds. The Morgan fingerprint density at radius 1 is 1.24 bits per heavy atom. The average molecular weight is 299 g/mol. The van der Waals surface area contributed by atoms with E-state index in [1.807, 2.05) is 6.07 Å². The Hall–Kier alpha value is -0.700. The molecular weight excluding hydrogens is 280 g/mol. The van der Waals surface area contributed by atoms with Gasteiger partial charge in [-0.05, 0) is 30.0 Å². The molecule has 3 heteroatoms. The number of ether oxygens (including phenoxy) is 2. The Bertz CT molecular complexity index is 378. The molecule has 0 aliphatic carbocycles. The molecule has 1 aromatic rings. The number of rotatable bonds is 3. The van der Waals surface area contributed by atoms with E-state index in [0.717, 1.165) is 37.6 Å². The Balaban J connectivity index is 2.23. The number of alkyl halides is 1. The normalized spacial score (nSPS) is 18.3. The van der Waals surface area contributed by atoms with E-state index in [4.69, 9.17) is 9.47 Å². The maximum Gasteiger partial charge on any atom is 0.161 e. The Morgan fingerprint density at radius 2 is 1.94 bits per heavy atom. The number of fused-ring (bicyclic) bond motifs is 1. The van der Waals surface area contributed by atoms with E-state index in [0.29, 0.717) is 10.7 Å². The molecule has 0 fully saturated rings. The summed E-state index contributed by atoms with van der Waals surface area (Å²) in [5.74, 6) is 2.25. The van der Waals surface area contributed by atoms with Gasteiger partial charge < -0.3 is 9.47 Å². The molecule has 0 saturated heterocycles. The third kappa shape index (κ3) is 2.95. The highest BCUT2D eigenvalue weighted by Gasteiger charge is 2.17. The van der Waals surface area contributed by atoms with Crippen molar-refractivity contribution < 1.29 is 9.47 Å². The lowest BCUT2D eigenvalue weighted by Gasteiger charge is -2.18. The summed E-state index contributed by atoms with van der Waals surface area (Å²) < 4.78 is 11.3. The van der Waals surface area contributed by atoms with Gasteiger partial charge in [0.25, 0.3) is 0 Å². The van der Waals surface area contributed by atoms with Crippen LogP contribution in [0.25, 0.3) is 0 Å². The third-order valence-electron chi connectivity index (χ3n) is 3.23. The van der Waals surface area contributed by atoms with E-state index < -0.39 is 0 Å². The molecule has 94 valence electrons. The molecule has 0 aromatic heterocycles. The molecule has 0 spiro atoms. The minimum atomic E-state index is 0.483. The SMILES string of the molecule is CCC(Br)C(C)c1ccc2c(c1)OCCCO2. The zero-order valence-electron chi connectivity index (χ0n) is 10.4. The minimum absolute atomic E-state index is 0.483. The predicted molar refractivity (Wildman–Crippen MR) is 73.5 cm³/mol. The van der Waals surface area contributed by atoms with E-state index in [2.05, 4.69) is 41.9 Å². The van der Waals surface area contributed by atoms with Gasteiger partial charge >= 0.3 is 0 Å². The lowest BCUT2D eigenvalue weighted by molar-refractivity contribution is 0.297. The van der Waals surface area contributed by atoms with Gasteiger partial charge in [0.2, 0.25) is 0 Å². The van der Waals surface area contributed by atoms with E-state index in [1.165, 1.54) is 5.56 Å². The second-order valence-electron chi connectivity index (χ2n) is 4.47. The molecule has 1 aromatic carbocycles. The summed E-state index contributed by atoms with van der Waals surface area (Å²) in [5.41, 5.74) is 1.30. The minimum Gasteiger partial charge on any atom is -0.490 e. The highest BCUT2D eigenvalue weighted by atomic mass is 79.9. The van der Waals surface area contributed by atoms with Crippen LogP contribution in [0.1, 0.15) is 38.2 Å². The molecule has 2 rings (SSSR count). The first-order chi connectivity index (χ1) is 8.22. The lowest BCUT2D eigenvalue weighted by Crippen LogP contribution is -2.08. The van der Waals surface area contributed by atoms with Crippen LogP contribution in [0.15, 0.2) is 18.2 Å². The number of halogens is 1. The molecule has 1 aliphatic heterocycles. The number of benzene rings is 1. The van der Waals surface area contributed by atoms with Gasteiger partial charge in [-0.3, -0.25) is 0 Å². The van der Waals surface area contributed by atoms with Crippen LogP contribution >= 0.6 is 15.9 Å². The van der Waals surface area contributed by atoms with Crippen molar-refractivity contribution >= 4 is 15.9 Å². The zero-order chi connectivity index (χ0) is 12.3. The molecule has 2 unspecified atom stereocenters. The van der Waals surface area contributed by atoms with Gasteiger partial charge in [-0.25, -0.2) is 0 Å². The third-order valence-corrected chi connectivity index (χ3v) is 4.67. The van der Waals surface area contributed by atoms with Crippen molar-refractivity contribution in [3.63, 3.8) is 0 Å². The molecule has 1 aliphatic rings. The topological polar surface area (TPSA) is 18.5 Å². The van der Waals surface area contributed by atoms with Crippen LogP contribution in [0.4, 0.5) is 0 Å². The summed E-state index contributed by atoms with van der Waals surface area (Å²) >= 11 is 3.72. The molecule has 17 heavy (non-hydrogen) atoms. The molecule has 0 bridgehead atoms. The summed E-state index contributed by atoms with van der Waals surface area (Å²) in [6, 6.07) is 6.29. The van der Waals surface area contributed by atoms with Crippen molar-refractivity contribution in [3.8, 4) is 11.5 Å². The largest absolute Gasteiger partial charge is 0.490 e. The van der Waals surface area contributed by atoms with Crippen molar-refractivity contribution in [2.24, 2.45) is 0 Å². The van der Waals surface area contributed by atoms with Gasteiger partial charge in [0.15, 0.2) is 11.5 Å². The van der Waals surface area contributed by atoms with Gasteiger partial charge in [-0.1, -0.05) is 35.8 Å². The molecule has 0 radical (unpaired) electrons. The first-order valence-corrected chi connectivity index (χ1v) is 7.17. The molecule has 2 nitrogen and oxygen atoms in total. The van der Waals surface area contributed by atoms with Crippen LogP contribution in [0.2, 0.25) is 0 Å². The van der Waals surface area contributed by atoms with Crippen LogP contribution in [0.3, 0.4) is 0 Å². The summed E-state index contributed by atoms with van der Waals surface area (Å²) in [5, 5.41) is 0. The highest BCUT2D eigenvalue weighted by Crippen LogP contribution is 2.35. The van der Waals surface area contributed by atoms with Gasteiger partial charge in [-0.2, -0.15) is 0 Å². The zero-order valence-corrected chi connectivity index (χ0v) is 12.0. The average Bonchev–Trinajstić information content (AvgIpc) is 2.61. The number of hydrogen-bond donors (Lipinski definition) is 0. The second-order valence-corrected chi connectivity index (χ2v) is 5.65. The Labute approximate surface area is 111 Å². The van der Waals surface area contributed by atoms with Crippen molar-refractivity contribution in [1.82, 2.24) is 0 Å². The summed E-state index contributed by atoms with van der Waals surface area (Å²) in [6.07, 6.45) is 2.07. The van der Waals surface area contributed by atoms with Crippen LogP contribution in [0.5, 0.6) is 11.5 Å². The molecule has 0 N–H and O–H groups in total. The molecular formula is C14H19BrO2. The first-order valence-electron chi connectivity index (χ1n) is 6.26. The lowest BCUT2D eigenvalue weighted by atomic mass is 9.96. The van der Waals surface area contributed by atoms with Crippen molar-refractivity contribution in [2.45, 2.75) is 37.4 Å². The van der Waals surface area contributed by atoms with Crippen LogP contribution in [0, 0.1) is 0 Å². The van der Waals surface area contributed by atoms with Crippen LogP contribution in [-0.2, 0) is 0 Å². The van der Waals surface area contributed by atoms with Crippen molar-refractivity contribution in [3.05, 3.63) is 23.8 Å². The van der Waals surface area contributed by atoms with E-state index in [9.17, 15) is 0 Å². The Morgan fingerprint density at radius 3 is 2.65 bits per heavy atom. The predicted octanol–water partition coefficient (Wildman–Crippen LogP) is 4.12. The van der Waals surface area contributed by atoms with Gasteiger partial charge in [0.1, 0.15) is 0 Å². The Kier molecular flexibility index (Phi) is 4.32. The summed E-state index contributed by atoms with van der Waals surface area (Å²) in [4.78, 5) is 0.507. The van der Waals surface area contributed by atoms with Gasteiger partial charge in [-0.15, -0.1) is 0 Å². The quantitative estimate of drug-likeness (QED) is 0.781. The monoisotopic (exact) mass is 298 g/mol. The highest BCUT2D eigenvalue weighted by molar-refractivity contribution is 9.09.